The lowest BCUT2D eigenvalue weighted by atomic mass is 10.1. The highest BCUT2D eigenvalue weighted by Gasteiger charge is 2.18. The number of anilines is 1. The van der Waals surface area contributed by atoms with Crippen LogP contribution < -0.4 is 10.2 Å². The van der Waals surface area contributed by atoms with Crippen molar-refractivity contribution in [2.75, 3.05) is 18.0 Å². The van der Waals surface area contributed by atoms with E-state index in [2.05, 4.69) is 5.32 Å². The number of hydrogen-bond donors (Lipinski definition) is 1. The van der Waals surface area contributed by atoms with Crippen LogP contribution in [0.5, 0.6) is 0 Å². The molecule has 0 heterocycles. The van der Waals surface area contributed by atoms with Gasteiger partial charge in [0, 0.05) is 13.5 Å². The first-order chi connectivity index (χ1) is 9.45. The van der Waals surface area contributed by atoms with Crippen molar-refractivity contribution in [3.63, 3.8) is 0 Å². The molecule has 2 amide bonds. The predicted molar refractivity (Wildman–Crippen MR) is 77.0 cm³/mol. The van der Waals surface area contributed by atoms with Gasteiger partial charge in [-0.25, -0.2) is 0 Å². The van der Waals surface area contributed by atoms with Crippen molar-refractivity contribution in [3.8, 4) is 6.07 Å². The molecule has 0 aromatic heterocycles. The molecular weight excluding hydrogens is 254 g/mol. The number of carbonyl (C=O) groups excluding carboxylic acids is 2. The summed E-state index contributed by atoms with van der Waals surface area (Å²) >= 11 is 0. The van der Waals surface area contributed by atoms with E-state index in [9.17, 15) is 9.59 Å². The lowest BCUT2D eigenvalue weighted by molar-refractivity contribution is -0.123. The highest BCUT2D eigenvalue weighted by molar-refractivity contribution is 5.98. The molecule has 5 heteroatoms. The first kappa shape index (κ1) is 15.7. The number of rotatable bonds is 5. The minimum Gasteiger partial charge on any atom is -0.354 e. The fourth-order valence-corrected chi connectivity index (χ4v) is 1.69. The van der Waals surface area contributed by atoms with E-state index in [1.807, 2.05) is 19.9 Å². The predicted octanol–water partition coefficient (Wildman–Crippen LogP) is 1.68. The second-order valence-electron chi connectivity index (χ2n) is 4.93. The summed E-state index contributed by atoms with van der Waals surface area (Å²) in [5.74, 6) is -0.162. The van der Waals surface area contributed by atoms with Crippen LogP contribution >= 0.6 is 0 Å². The third-order valence-corrected chi connectivity index (χ3v) is 2.70. The summed E-state index contributed by atoms with van der Waals surface area (Å²) in [5.41, 5.74) is 0.835. The molecule has 5 nitrogen and oxygen atoms in total. The third kappa shape index (κ3) is 4.39. The van der Waals surface area contributed by atoms with E-state index < -0.39 is 0 Å². The Bertz CT molecular complexity index is 532. The lowest BCUT2D eigenvalue weighted by Gasteiger charge is -2.22. The largest absolute Gasteiger partial charge is 0.354 e. The van der Waals surface area contributed by atoms with E-state index in [-0.39, 0.29) is 18.4 Å². The Morgan fingerprint density at radius 3 is 2.55 bits per heavy atom. The van der Waals surface area contributed by atoms with Gasteiger partial charge in [-0.05, 0) is 18.1 Å². The molecule has 0 aliphatic rings. The Morgan fingerprint density at radius 2 is 2.00 bits per heavy atom. The van der Waals surface area contributed by atoms with E-state index in [0.717, 1.165) is 0 Å². The van der Waals surface area contributed by atoms with Gasteiger partial charge in [-0.3, -0.25) is 9.59 Å². The third-order valence-electron chi connectivity index (χ3n) is 2.70. The average molecular weight is 273 g/mol. The number of nitrogens with zero attached hydrogens (tertiary/aromatic N) is 2. The zero-order chi connectivity index (χ0) is 15.1. The molecule has 0 saturated carbocycles. The van der Waals surface area contributed by atoms with Gasteiger partial charge in [-0.15, -0.1) is 0 Å². The number of amides is 2. The number of hydrogen-bond acceptors (Lipinski definition) is 3. The number of nitrogens with one attached hydrogen (secondary N) is 1. The van der Waals surface area contributed by atoms with Gasteiger partial charge in [0.2, 0.25) is 11.8 Å². The molecule has 0 unspecified atom stereocenters. The summed E-state index contributed by atoms with van der Waals surface area (Å²) in [5, 5.41) is 11.8. The molecule has 20 heavy (non-hydrogen) atoms. The number of para-hydroxylation sites is 1. The fourth-order valence-electron chi connectivity index (χ4n) is 1.69. The van der Waals surface area contributed by atoms with Gasteiger partial charge in [0.1, 0.15) is 12.6 Å². The highest BCUT2D eigenvalue weighted by atomic mass is 16.2. The molecule has 106 valence electrons. The minimum absolute atomic E-state index is 0.0826. The van der Waals surface area contributed by atoms with Crippen LogP contribution in [-0.2, 0) is 9.59 Å². The quantitative estimate of drug-likeness (QED) is 0.887. The Morgan fingerprint density at radius 1 is 1.35 bits per heavy atom. The molecule has 1 aromatic rings. The number of nitriles is 1. The molecule has 0 atom stereocenters. The van der Waals surface area contributed by atoms with E-state index in [0.29, 0.717) is 23.7 Å². The van der Waals surface area contributed by atoms with Crippen LogP contribution in [0.4, 0.5) is 5.69 Å². The summed E-state index contributed by atoms with van der Waals surface area (Å²) in [6, 6.07) is 8.77. The van der Waals surface area contributed by atoms with Crippen molar-refractivity contribution in [1.29, 1.82) is 5.26 Å². The van der Waals surface area contributed by atoms with Crippen LogP contribution in [0.25, 0.3) is 0 Å². The van der Waals surface area contributed by atoms with Crippen molar-refractivity contribution >= 4 is 17.5 Å². The van der Waals surface area contributed by atoms with Gasteiger partial charge < -0.3 is 10.2 Å². The first-order valence-electron chi connectivity index (χ1n) is 6.49. The number of benzene rings is 1. The first-order valence-corrected chi connectivity index (χ1v) is 6.49. The maximum absolute atomic E-state index is 11.8. The standard InChI is InChI=1S/C15H19N3O2/c1-11(2)9-17-15(20)10-18(12(3)19)14-7-5-4-6-13(14)8-16/h4-7,11H,9-10H2,1-3H3,(H,17,20). The van der Waals surface area contributed by atoms with Gasteiger partial charge in [-0.1, -0.05) is 26.0 Å². The van der Waals surface area contributed by atoms with Gasteiger partial charge in [0.05, 0.1) is 11.3 Å². The minimum atomic E-state index is -0.271. The molecule has 0 spiro atoms. The van der Waals surface area contributed by atoms with Crippen molar-refractivity contribution in [2.24, 2.45) is 5.92 Å². The second kappa shape index (κ2) is 7.29. The normalized spacial score (nSPS) is 9.95. The van der Waals surface area contributed by atoms with Crippen molar-refractivity contribution in [2.45, 2.75) is 20.8 Å². The molecular formula is C15H19N3O2. The summed E-state index contributed by atoms with van der Waals surface area (Å²) in [4.78, 5) is 24.9. The Hall–Kier alpha value is -2.35. The van der Waals surface area contributed by atoms with Crippen LogP contribution in [0.3, 0.4) is 0 Å². The van der Waals surface area contributed by atoms with E-state index in [1.165, 1.54) is 11.8 Å². The molecule has 1 aromatic carbocycles. The van der Waals surface area contributed by atoms with Crippen molar-refractivity contribution in [3.05, 3.63) is 29.8 Å². The zero-order valence-electron chi connectivity index (χ0n) is 12.0. The molecule has 1 N–H and O–H groups in total. The summed E-state index contributed by atoms with van der Waals surface area (Å²) in [7, 11) is 0. The Labute approximate surface area is 119 Å². The van der Waals surface area contributed by atoms with Crippen LogP contribution in [0, 0.1) is 17.2 Å². The summed E-state index contributed by atoms with van der Waals surface area (Å²) in [6.45, 7) is 5.84. The van der Waals surface area contributed by atoms with Crippen LogP contribution in [-0.4, -0.2) is 24.9 Å². The summed E-state index contributed by atoms with van der Waals surface area (Å²) in [6.07, 6.45) is 0. The fraction of sp³-hybridized carbons (Fsp3) is 0.400. The SMILES string of the molecule is CC(=O)N(CC(=O)NCC(C)C)c1ccccc1C#N. The number of carbonyl (C=O) groups is 2. The van der Waals surface area contributed by atoms with Crippen LogP contribution in [0.15, 0.2) is 24.3 Å². The maximum atomic E-state index is 11.8. The molecule has 0 aliphatic heterocycles. The monoisotopic (exact) mass is 273 g/mol. The lowest BCUT2D eigenvalue weighted by Crippen LogP contribution is -2.41. The smallest absolute Gasteiger partial charge is 0.240 e. The van der Waals surface area contributed by atoms with Gasteiger partial charge in [0.25, 0.3) is 0 Å². The molecule has 0 fully saturated rings. The molecule has 0 bridgehead atoms. The maximum Gasteiger partial charge on any atom is 0.240 e. The summed E-state index contributed by atoms with van der Waals surface area (Å²) < 4.78 is 0. The van der Waals surface area contributed by atoms with Gasteiger partial charge in [0.15, 0.2) is 0 Å². The molecule has 0 radical (unpaired) electrons. The van der Waals surface area contributed by atoms with Crippen molar-refractivity contribution in [1.82, 2.24) is 5.32 Å². The van der Waals surface area contributed by atoms with E-state index >= 15 is 0 Å². The highest BCUT2D eigenvalue weighted by Crippen LogP contribution is 2.19. The van der Waals surface area contributed by atoms with Crippen LogP contribution in [0.2, 0.25) is 0 Å². The van der Waals surface area contributed by atoms with E-state index in [1.54, 1.807) is 24.3 Å². The van der Waals surface area contributed by atoms with Gasteiger partial charge >= 0.3 is 0 Å². The van der Waals surface area contributed by atoms with E-state index in [4.69, 9.17) is 5.26 Å². The topological polar surface area (TPSA) is 73.2 Å². The Kier molecular flexibility index (Phi) is 5.73. The average Bonchev–Trinajstić information content (AvgIpc) is 2.42. The Balaban J connectivity index is 2.88. The molecule has 1 rings (SSSR count). The zero-order valence-corrected chi connectivity index (χ0v) is 12.0. The van der Waals surface area contributed by atoms with Crippen molar-refractivity contribution < 1.29 is 9.59 Å². The van der Waals surface area contributed by atoms with Gasteiger partial charge in [-0.2, -0.15) is 5.26 Å². The van der Waals surface area contributed by atoms with Crippen LogP contribution in [0.1, 0.15) is 26.3 Å². The second-order valence-corrected chi connectivity index (χ2v) is 4.93. The molecule has 0 saturated heterocycles. The molecule has 0 aliphatic carbocycles.